The van der Waals surface area contributed by atoms with Gasteiger partial charge in [-0.2, -0.15) is 0 Å². The van der Waals surface area contributed by atoms with E-state index in [1.54, 1.807) is 6.07 Å². The molecule has 18 heteroatoms. The van der Waals surface area contributed by atoms with Crippen LogP contribution in [0.2, 0.25) is 0 Å². The number of nitrogens with zero attached hydrogens (tertiary/aromatic N) is 2. The zero-order valence-electron chi connectivity index (χ0n) is 22.1. The number of carbonyl (C=O) groups is 1. The van der Waals surface area contributed by atoms with Crippen LogP contribution in [0.5, 0.6) is 0 Å². The summed E-state index contributed by atoms with van der Waals surface area (Å²) >= 11 is 3.25. The number of rotatable bonds is 12. The van der Waals surface area contributed by atoms with E-state index in [1.807, 2.05) is 0 Å². The number of ether oxygens (including phenoxy) is 1. The highest BCUT2D eigenvalue weighted by molar-refractivity contribution is 9.10. The van der Waals surface area contributed by atoms with Crippen molar-refractivity contribution >= 4 is 68.6 Å². The summed E-state index contributed by atoms with van der Waals surface area (Å²) in [6, 6.07) is 15.3. The van der Waals surface area contributed by atoms with Crippen LogP contribution in [0.1, 0.15) is 17.4 Å². The normalized spacial score (nSPS) is 12.3. The highest BCUT2D eigenvalue weighted by atomic mass is 79.9. The second-order valence-corrected chi connectivity index (χ2v) is 14.9. The standard InChI is InChI=1S/C25H23BrN4O10S3/c1-2-40-25(31)23-24(21-16-17(26)8-13-22(21)29(23)43(38,39)20-6-4-3-5-7-20)42(36,37)28-15-14-27-41(34,35)19-11-9-18(10-12-19)30(32)33/h3-13,16,27-28H,2,14-15H2,1H3. The quantitative estimate of drug-likeness (QED) is 0.0951. The minimum absolute atomic E-state index is 0.115. The van der Waals surface area contributed by atoms with E-state index < -0.39 is 64.6 Å². The number of hydrogen-bond donors (Lipinski definition) is 2. The van der Waals surface area contributed by atoms with E-state index in [2.05, 4.69) is 25.4 Å². The average molecular weight is 716 g/mol. The molecule has 3 aromatic carbocycles. The largest absolute Gasteiger partial charge is 0.461 e. The average Bonchev–Trinajstić information content (AvgIpc) is 3.32. The van der Waals surface area contributed by atoms with E-state index in [4.69, 9.17) is 4.74 Å². The first-order valence-electron chi connectivity index (χ1n) is 12.3. The molecule has 14 nitrogen and oxygen atoms in total. The molecule has 0 fully saturated rings. The van der Waals surface area contributed by atoms with Gasteiger partial charge in [0.15, 0.2) is 5.69 Å². The molecule has 2 N–H and O–H groups in total. The molecule has 1 aromatic heterocycles. The first-order valence-corrected chi connectivity index (χ1v) is 17.5. The van der Waals surface area contributed by atoms with Gasteiger partial charge in [-0.1, -0.05) is 34.1 Å². The number of nitrogens with one attached hydrogen (secondary N) is 2. The van der Waals surface area contributed by atoms with E-state index in [1.165, 1.54) is 49.4 Å². The molecule has 4 aromatic rings. The SMILES string of the molecule is CCOC(=O)c1c(S(=O)(=O)NCCNS(=O)(=O)c2ccc([N+](=O)[O-])cc2)c2cc(Br)ccc2n1S(=O)(=O)c1ccccc1. The number of halogens is 1. The third-order valence-corrected chi connectivity index (χ3v) is 11.2. The summed E-state index contributed by atoms with van der Waals surface area (Å²) < 4.78 is 90.6. The maximum Gasteiger partial charge on any atom is 0.357 e. The molecule has 43 heavy (non-hydrogen) atoms. The molecule has 228 valence electrons. The molecular formula is C25H23BrN4O10S3. The third-order valence-electron chi connectivity index (χ3n) is 5.93. The Morgan fingerprint density at radius 3 is 2.07 bits per heavy atom. The van der Waals surface area contributed by atoms with Crippen LogP contribution in [-0.2, 0) is 34.8 Å². The minimum atomic E-state index is -4.68. The van der Waals surface area contributed by atoms with Crippen LogP contribution >= 0.6 is 15.9 Å². The van der Waals surface area contributed by atoms with Crippen molar-refractivity contribution in [2.75, 3.05) is 19.7 Å². The Kier molecular flexibility index (Phi) is 9.38. The predicted molar refractivity (Wildman–Crippen MR) is 158 cm³/mol. The number of benzene rings is 3. The van der Waals surface area contributed by atoms with E-state index in [-0.39, 0.29) is 33.0 Å². The second-order valence-electron chi connectivity index (χ2n) is 8.69. The number of carbonyl (C=O) groups excluding carboxylic acids is 1. The molecule has 0 aliphatic heterocycles. The molecule has 0 saturated carbocycles. The summed E-state index contributed by atoms with van der Waals surface area (Å²) in [5.74, 6) is -1.21. The summed E-state index contributed by atoms with van der Waals surface area (Å²) in [6.07, 6.45) is 0. The van der Waals surface area contributed by atoms with Gasteiger partial charge in [0.1, 0.15) is 4.90 Å². The van der Waals surface area contributed by atoms with Crippen LogP contribution in [-0.4, -0.2) is 59.8 Å². The first kappa shape index (κ1) is 32.2. The Labute approximate surface area is 255 Å². The molecule has 4 rings (SSSR count). The Morgan fingerprint density at radius 2 is 1.49 bits per heavy atom. The molecular weight excluding hydrogens is 692 g/mol. The maximum atomic E-state index is 13.8. The summed E-state index contributed by atoms with van der Waals surface area (Å²) in [7, 11) is -13.4. The van der Waals surface area contributed by atoms with E-state index in [0.29, 0.717) is 8.45 Å². The third kappa shape index (κ3) is 6.63. The molecule has 0 bridgehead atoms. The number of sulfonamides is 2. The van der Waals surface area contributed by atoms with Gasteiger partial charge in [0.2, 0.25) is 20.0 Å². The minimum Gasteiger partial charge on any atom is -0.461 e. The summed E-state index contributed by atoms with van der Waals surface area (Å²) in [4.78, 5) is 22.2. The highest BCUT2D eigenvalue weighted by Crippen LogP contribution is 2.35. The number of nitro groups is 1. The first-order chi connectivity index (χ1) is 20.2. The monoisotopic (exact) mass is 714 g/mol. The van der Waals surface area contributed by atoms with Crippen molar-refractivity contribution in [3.63, 3.8) is 0 Å². The molecule has 0 aliphatic rings. The molecule has 0 amide bonds. The lowest BCUT2D eigenvalue weighted by Crippen LogP contribution is -2.35. The number of non-ortho nitro benzene ring substituents is 1. The van der Waals surface area contributed by atoms with Gasteiger partial charge in [-0.25, -0.2) is 43.5 Å². The number of hydrogen-bond acceptors (Lipinski definition) is 10. The number of esters is 1. The molecule has 0 saturated heterocycles. The topological polar surface area (TPSA) is 201 Å². The van der Waals surface area contributed by atoms with E-state index >= 15 is 0 Å². The molecule has 0 atom stereocenters. The zero-order chi connectivity index (χ0) is 31.6. The van der Waals surface area contributed by atoms with Crippen LogP contribution in [0.15, 0.2) is 92.0 Å². The molecule has 0 radical (unpaired) electrons. The molecule has 1 heterocycles. The predicted octanol–water partition coefficient (Wildman–Crippen LogP) is 2.98. The lowest BCUT2D eigenvalue weighted by molar-refractivity contribution is -0.384. The van der Waals surface area contributed by atoms with Crippen LogP contribution in [0.3, 0.4) is 0 Å². The zero-order valence-corrected chi connectivity index (χ0v) is 26.2. The van der Waals surface area contributed by atoms with Crippen molar-refractivity contribution in [2.45, 2.75) is 21.6 Å². The summed E-state index contributed by atoms with van der Waals surface area (Å²) in [6.45, 7) is 0.310. The van der Waals surface area contributed by atoms with Crippen molar-refractivity contribution in [3.05, 3.63) is 93.1 Å². The lowest BCUT2D eigenvalue weighted by Gasteiger charge is -2.13. The number of aromatic nitrogens is 1. The Morgan fingerprint density at radius 1 is 0.884 bits per heavy atom. The van der Waals surface area contributed by atoms with Gasteiger partial charge >= 0.3 is 5.97 Å². The van der Waals surface area contributed by atoms with Crippen LogP contribution < -0.4 is 9.44 Å². The Hall–Kier alpha value is -3.68. The van der Waals surface area contributed by atoms with Crippen LogP contribution in [0.25, 0.3) is 10.9 Å². The maximum absolute atomic E-state index is 13.8. The van der Waals surface area contributed by atoms with Crippen LogP contribution in [0.4, 0.5) is 5.69 Å². The fourth-order valence-electron chi connectivity index (χ4n) is 4.08. The molecule has 0 unspecified atom stereocenters. The van der Waals surface area contributed by atoms with Gasteiger partial charge in [-0.05, 0) is 49.4 Å². The smallest absolute Gasteiger partial charge is 0.357 e. The van der Waals surface area contributed by atoms with Gasteiger partial charge in [0.05, 0.1) is 26.8 Å². The van der Waals surface area contributed by atoms with Gasteiger partial charge < -0.3 is 4.74 Å². The molecule has 0 spiro atoms. The van der Waals surface area contributed by atoms with Crippen molar-refractivity contribution in [3.8, 4) is 0 Å². The van der Waals surface area contributed by atoms with E-state index in [0.717, 1.165) is 24.3 Å². The van der Waals surface area contributed by atoms with Crippen molar-refractivity contribution < 1.29 is 39.7 Å². The van der Waals surface area contributed by atoms with E-state index in [9.17, 15) is 40.2 Å². The van der Waals surface area contributed by atoms with Crippen molar-refractivity contribution in [1.29, 1.82) is 0 Å². The number of fused-ring (bicyclic) bond motifs is 1. The Balaban J connectivity index is 1.73. The van der Waals surface area contributed by atoms with Gasteiger partial charge in [-0.15, -0.1) is 0 Å². The Bertz CT molecular complexity index is 2030. The summed E-state index contributed by atoms with van der Waals surface area (Å²) in [5.41, 5.74) is -1.20. The fourth-order valence-corrected chi connectivity index (χ4v) is 8.46. The molecule has 0 aliphatic carbocycles. The van der Waals surface area contributed by atoms with Gasteiger partial charge in [0, 0.05) is 35.1 Å². The van der Waals surface area contributed by atoms with Crippen molar-refractivity contribution in [1.82, 2.24) is 13.4 Å². The second kappa shape index (κ2) is 12.5. The summed E-state index contributed by atoms with van der Waals surface area (Å²) in [5, 5.41) is 10.7. The number of nitro benzene ring substituents is 1. The van der Waals surface area contributed by atoms with Gasteiger partial charge in [-0.3, -0.25) is 10.1 Å². The van der Waals surface area contributed by atoms with Crippen LogP contribution in [0, 0.1) is 10.1 Å². The highest BCUT2D eigenvalue weighted by Gasteiger charge is 2.37. The fraction of sp³-hybridized carbons (Fsp3) is 0.160. The van der Waals surface area contributed by atoms with Crippen molar-refractivity contribution in [2.24, 2.45) is 0 Å². The van der Waals surface area contributed by atoms with Gasteiger partial charge in [0.25, 0.3) is 15.7 Å². The lowest BCUT2D eigenvalue weighted by atomic mass is 10.2.